The quantitative estimate of drug-likeness (QED) is 0.302. The minimum atomic E-state index is -0.525. The van der Waals surface area contributed by atoms with E-state index in [-0.39, 0.29) is 17.7 Å². The number of rotatable bonds is 7. The maximum atomic E-state index is 12.0. The van der Waals surface area contributed by atoms with Crippen molar-refractivity contribution in [2.45, 2.75) is 38.8 Å². The first-order chi connectivity index (χ1) is 18.7. The van der Waals surface area contributed by atoms with Crippen LogP contribution in [0.2, 0.25) is 10.0 Å². The van der Waals surface area contributed by atoms with Crippen LogP contribution in [-0.2, 0) is 4.79 Å². The molecule has 2 atom stereocenters. The molecule has 0 bridgehead atoms. The van der Waals surface area contributed by atoms with Crippen molar-refractivity contribution in [3.8, 4) is 11.5 Å². The second-order valence-electron chi connectivity index (χ2n) is 9.78. The van der Waals surface area contributed by atoms with Crippen molar-refractivity contribution in [1.82, 2.24) is 14.9 Å². The average molecular weight is 569 g/mol. The lowest BCUT2D eigenvalue weighted by Gasteiger charge is -2.38. The van der Waals surface area contributed by atoms with Gasteiger partial charge in [-0.3, -0.25) is 15.2 Å². The molecule has 0 saturated carbocycles. The zero-order chi connectivity index (χ0) is 27.8. The lowest BCUT2D eigenvalue weighted by molar-refractivity contribution is -0.129. The molecule has 204 valence electrons. The van der Waals surface area contributed by atoms with Gasteiger partial charge in [-0.2, -0.15) is 0 Å². The molecule has 9 nitrogen and oxygen atoms in total. The second-order valence-corrected chi connectivity index (χ2v) is 10.6. The van der Waals surface area contributed by atoms with Gasteiger partial charge in [0.25, 0.3) is 0 Å². The number of hydrogen-bond donors (Lipinski definition) is 2. The topological polar surface area (TPSA) is 118 Å². The van der Waals surface area contributed by atoms with Crippen LogP contribution in [0.3, 0.4) is 0 Å². The molecule has 3 N–H and O–H groups in total. The summed E-state index contributed by atoms with van der Waals surface area (Å²) in [7, 11) is 1.53. The number of amides is 1. The normalized spacial score (nSPS) is 17.7. The fourth-order valence-corrected chi connectivity index (χ4v) is 5.84. The third kappa shape index (κ3) is 5.21. The van der Waals surface area contributed by atoms with Gasteiger partial charge in [-0.25, -0.2) is 4.98 Å². The third-order valence-corrected chi connectivity index (χ3v) is 8.13. The maximum Gasteiger partial charge on any atom is 0.223 e. The number of nitrogens with two attached hydrogens (primary N) is 1. The molecule has 5 rings (SSSR count). The van der Waals surface area contributed by atoms with E-state index >= 15 is 0 Å². The van der Waals surface area contributed by atoms with E-state index in [0.717, 1.165) is 25.3 Å². The number of benzene rings is 1. The Bertz CT molecular complexity index is 1430. The van der Waals surface area contributed by atoms with Crippen molar-refractivity contribution in [2.24, 2.45) is 0 Å². The summed E-state index contributed by atoms with van der Waals surface area (Å²) >= 11 is 12.9. The Hall–Kier alpha value is -3.56. The van der Waals surface area contributed by atoms with E-state index in [0.29, 0.717) is 62.6 Å². The van der Waals surface area contributed by atoms with E-state index < -0.39 is 6.10 Å². The molecule has 3 aromatic rings. The number of hydrogen-bond acceptors (Lipinski definition) is 8. The summed E-state index contributed by atoms with van der Waals surface area (Å²) < 4.78 is 11.7. The van der Waals surface area contributed by atoms with Gasteiger partial charge in [-0.15, -0.1) is 0 Å². The number of nitrogen functional groups attached to an aromatic ring is 1. The van der Waals surface area contributed by atoms with Crippen LogP contribution in [0.1, 0.15) is 48.3 Å². The highest BCUT2D eigenvalue weighted by Gasteiger charge is 2.35. The molecule has 11 heteroatoms. The third-order valence-electron chi connectivity index (χ3n) is 7.35. The highest BCUT2D eigenvalue weighted by molar-refractivity contribution is 6.36. The number of piperazine rings is 1. The van der Waals surface area contributed by atoms with Crippen molar-refractivity contribution in [3.05, 3.63) is 69.1 Å². The van der Waals surface area contributed by atoms with Crippen molar-refractivity contribution < 1.29 is 14.3 Å². The molecule has 2 saturated heterocycles. The van der Waals surface area contributed by atoms with Crippen LogP contribution in [0, 0.1) is 12.3 Å². The standard InChI is InChI=1S/C28H30Cl2N6O3/c1-15-27(30)26(20(29)13-33-15)16(2)39-23-10-19(21(31)11-22(23)38-3)28(32)17-4-6-24(34-12-17)35-8-9-36-18(14-35)5-7-25(36)37/h4,6,10-13,16,18,32H,5,7-9,14,31H2,1-3H3/t16-,18?/m1/s1. The fourth-order valence-electron chi connectivity index (χ4n) is 5.19. The van der Waals surface area contributed by atoms with Crippen LogP contribution in [-0.4, -0.2) is 59.3 Å². The molecule has 1 amide bonds. The molecule has 39 heavy (non-hydrogen) atoms. The Morgan fingerprint density at radius 2 is 1.97 bits per heavy atom. The van der Waals surface area contributed by atoms with Gasteiger partial charge < -0.3 is 25.0 Å². The van der Waals surface area contributed by atoms with Crippen LogP contribution in [0.4, 0.5) is 11.5 Å². The number of pyridine rings is 2. The number of ether oxygens (including phenoxy) is 2. The van der Waals surface area contributed by atoms with E-state index in [9.17, 15) is 4.79 Å². The molecule has 1 aromatic carbocycles. The highest BCUT2D eigenvalue weighted by Crippen LogP contribution is 2.39. The lowest BCUT2D eigenvalue weighted by Crippen LogP contribution is -2.51. The minimum Gasteiger partial charge on any atom is -0.493 e. The number of methoxy groups -OCH3 is 1. The van der Waals surface area contributed by atoms with Gasteiger partial charge in [-0.05, 0) is 38.5 Å². The molecule has 0 radical (unpaired) electrons. The van der Waals surface area contributed by atoms with E-state index in [2.05, 4.69) is 14.9 Å². The van der Waals surface area contributed by atoms with Crippen molar-refractivity contribution in [1.29, 1.82) is 5.41 Å². The number of nitrogens with zero attached hydrogens (tertiary/aromatic N) is 4. The van der Waals surface area contributed by atoms with Crippen LogP contribution in [0.15, 0.2) is 36.7 Å². The van der Waals surface area contributed by atoms with Crippen LogP contribution >= 0.6 is 23.2 Å². The highest BCUT2D eigenvalue weighted by atomic mass is 35.5. The predicted octanol–water partition coefficient (Wildman–Crippen LogP) is 5.05. The number of halogens is 2. The van der Waals surface area contributed by atoms with E-state index in [1.54, 1.807) is 31.5 Å². The molecule has 2 aromatic heterocycles. The van der Waals surface area contributed by atoms with Gasteiger partial charge in [0.2, 0.25) is 5.91 Å². The summed E-state index contributed by atoms with van der Waals surface area (Å²) in [6.07, 6.45) is 4.21. The zero-order valence-electron chi connectivity index (χ0n) is 22.0. The molecule has 1 unspecified atom stereocenters. The van der Waals surface area contributed by atoms with E-state index in [4.69, 9.17) is 43.8 Å². The number of aryl methyl sites for hydroxylation is 1. The molecule has 2 fully saturated rings. The number of nitrogens with one attached hydrogen (secondary N) is 1. The molecular formula is C28H30Cl2N6O3. The number of anilines is 2. The van der Waals surface area contributed by atoms with E-state index in [1.165, 1.54) is 7.11 Å². The first-order valence-electron chi connectivity index (χ1n) is 12.7. The SMILES string of the molecule is COc1cc(N)c(C(=N)c2ccc(N3CCN4C(=O)CCC4C3)nc2)cc1O[C@H](C)c1c(Cl)cnc(C)c1Cl. The summed E-state index contributed by atoms with van der Waals surface area (Å²) in [5.41, 5.74) is 9.26. The smallest absolute Gasteiger partial charge is 0.223 e. The first-order valence-corrected chi connectivity index (χ1v) is 13.5. The first kappa shape index (κ1) is 27.0. The number of aromatic nitrogens is 2. The molecule has 0 spiro atoms. The summed E-state index contributed by atoms with van der Waals surface area (Å²) in [4.78, 5) is 25.0. The molecular weight excluding hydrogens is 539 g/mol. The number of fused-ring (bicyclic) bond motifs is 1. The molecule has 0 aliphatic carbocycles. The molecule has 4 heterocycles. The lowest BCUT2D eigenvalue weighted by atomic mass is 10.0. The Labute approximate surface area is 237 Å². The van der Waals surface area contributed by atoms with Gasteiger partial charge in [0.1, 0.15) is 11.9 Å². The van der Waals surface area contributed by atoms with Gasteiger partial charge >= 0.3 is 0 Å². The van der Waals surface area contributed by atoms with E-state index in [1.807, 2.05) is 24.0 Å². The summed E-state index contributed by atoms with van der Waals surface area (Å²) in [6.45, 7) is 5.85. The molecule has 2 aliphatic heterocycles. The zero-order valence-corrected chi connectivity index (χ0v) is 23.5. The van der Waals surface area contributed by atoms with Gasteiger partial charge in [0.15, 0.2) is 11.5 Å². The maximum absolute atomic E-state index is 12.0. The Kier molecular flexibility index (Phi) is 7.55. The largest absolute Gasteiger partial charge is 0.493 e. The average Bonchev–Trinajstić information content (AvgIpc) is 3.31. The Morgan fingerprint density at radius 1 is 1.18 bits per heavy atom. The number of carbonyl (C=O) groups excluding carboxylic acids is 1. The van der Waals surface area contributed by atoms with Crippen LogP contribution in [0.5, 0.6) is 11.5 Å². The van der Waals surface area contributed by atoms with Crippen molar-refractivity contribution >= 4 is 46.3 Å². The van der Waals surface area contributed by atoms with Gasteiger partial charge in [0.05, 0.1) is 28.6 Å². The minimum absolute atomic E-state index is 0.203. The summed E-state index contributed by atoms with van der Waals surface area (Å²) in [5, 5.41) is 9.72. The summed E-state index contributed by atoms with van der Waals surface area (Å²) in [6, 6.07) is 7.34. The second kappa shape index (κ2) is 10.9. The summed E-state index contributed by atoms with van der Waals surface area (Å²) in [5.74, 6) is 1.89. The Balaban J connectivity index is 1.37. The van der Waals surface area contributed by atoms with Gasteiger partial charge in [0, 0.05) is 72.9 Å². The fraction of sp³-hybridized carbons (Fsp3) is 0.357. The molecule has 2 aliphatic rings. The van der Waals surface area contributed by atoms with Crippen LogP contribution < -0.4 is 20.1 Å². The monoisotopic (exact) mass is 568 g/mol. The number of carbonyl (C=O) groups is 1. The van der Waals surface area contributed by atoms with Crippen molar-refractivity contribution in [2.75, 3.05) is 37.4 Å². The van der Waals surface area contributed by atoms with Crippen LogP contribution in [0.25, 0.3) is 0 Å². The van der Waals surface area contributed by atoms with Gasteiger partial charge in [-0.1, -0.05) is 23.2 Å². The van der Waals surface area contributed by atoms with Crippen molar-refractivity contribution in [3.63, 3.8) is 0 Å². The predicted molar refractivity (Wildman–Crippen MR) is 153 cm³/mol. The Morgan fingerprint density at radius 3 is 2.69 bits per heavy atom.